The second-order valence-corrected chi connectivity index (χ2v) is 11.4. The lowest BCUT2D eigenvalue weighted by molar-refractivity contribution is -0.137. The van der Waals surface area contributed by atoms with Crippen LogP contribution in [0.4, 0.5) is 39.5 Å². The van der Waals surface area contributed by atoms with Crippen molar-refractivity contribution in [3.05, 3.63) is 120 Å². The topological polar surface area (TPSA) is 0 Å². The smallest absolute Gasteiger partial charge is 0.420 e. The minimum Gasteiger partial charge on any atom is -1.00 e. The van der Waals surface area contributed by atoms with Crippen molar-refractivity contribution in [2.75, 3.05) is 0 Å². The van der Waals surface area contributed by atoms with E-state index in [9.17, 15) is 39.5 Å². The summed E-state index contributed by atoms with van der Waals surface area (Å²) in [6, 6.07) is 18.5. The van der Waals surface area contributed by atoms with E-state index in [4.69, 9.17) is 0 Å². The summed E-state index contributed by atoms with van der Waals surface area (Å²) in [7, 11) is -4.47. The van der Waals surface area contributed by atoms with E-state index in [1.807, 2.05) is 0 Å². The normalized spacial score (nSPS) is 12.7. The van der Waals surface area contributed by atoms with Gasteiger partial charge in [0.25, 0.3) is 0 Å². The van der Waals surface area contributed by atoms with Crippen molar-refractivity contribution in [1.82, 2.24) is 0 Å². The van der Waals surface area contributed by atoms with Gasteiger partial charge in [-0.2, -0.15) is 39.5 Å². The Bertz CT molecular complexity index is 1250. The molecule has 0 bridgehead atoms. The van der Waals surface area contributed by atoms with E-state index in [-0.39, 0.29) is 29.3 Å². The fraction of sp³-hybridized carbons (Fsp3) is 0.111. The standard InChI is InChI=1S/C27H17F9P.HI/c28-25(29,30)19-12-4-7-15-22(19)37(18-10-2-1-3-11-18,23-16-8-5-13-20(23)26(31,32)33)24-17-9-6-14-21(24)27(34,35)36;/h1-17H;1H/q+1;/p-1. The maximum atomic E-state index is 14.4. The predicted molar refractivity (Wildman–Crippen MR) is 126 cm³/mol. The van der Waals surface area contributed by atoms with E-state index in [0.717, 1.165) is 36.4 Å². The highest BCUT2D eigenvalue weighted by atomic mass is 127. The zero-order valence-corrected chi connectivity index (χ0v) is 22.1. The largest absolute Gasteiger partial charge is 1.00 e. The average Bonchev–Trinajstić information content (AvgIpc) is 2.84. The van der Waals surface area contributed by atoms with Gasteiger partial charge in [-0.25, -0.2) is 0 Å². The summed E-state index contributed by atoms with van der Waals surface area (Å²) in [5.41, 5.74) is -3.91. The Morgan fingerprint density at radius 3 is 0.921 bits per heavy atom. The highest BCUT2D eigenvalue weighted by molar-refractivity contribution is 8.01. The van der Waals surface area contributed by atoms with Crippen LogP contribution < -0.4 is 45.2 Å². The van der Waals surface area contributed by atoms with Gasteiger partial charge in [-0.15, -0.1) is 0 Å². The maximum Gasteiger partial charge on any atom is 0.420 e. The Labute approximate surface area is 229 Å². The highest BCUT2D eigenvalue weighted by Gasteiger charge is 2.58. The third-order valence-electron chi connectivity index (χ3n) is 5.86. The van der Waals surface area contributed by atoms with E-state index in [0.29, 0.717) is 18.2 Å². The van der Waals surface area contributed by atoms with Gasteiger partial charge < -0.3 is 24.0 Å². The molecule has 0 aliphatic carbocycles. The summed E-state index contributed by atoms with van der Waals surface area (Å²) in [4.78, 5) is 0. The molecule has 0 aliphatic heterocycles. The summed E-state index contributed by atoms with van der Waals surface area (Å²) < 4.78 is 129. The van der Waals surface area contributed by atoms with E-state index < -0.39 is 58.4 Å². The molecule has 0 saturated carbocycles. The molecule has 0 heterocycles. The van der Waals surface area contributed by atoms with Crippen molar-refractivity contribution in [3.8, 4) is 0 Å². The number of hydrogen-bond acceptors (Lipinski definition) is 0. The molecule has 4 aromatic carbocycles. The zero-order chi connectivity index (χ0) is 27.1. The van der Waals surface area contributed by atoms with Crippen molar-refractivity contribution in [2.24, 2.45) is 0 Å². The van der Waals surface area contributed by atoms with Gasteiger partial charge in [0.1, 0.15) is 28.5 Å². The molecule has 0 amide bonds. The van der Waals surface area contributed by atoms with E-state index >= 15 is 0 Å². The summed E-state index contributed by atoms with van der Waals surface area (Å²) >= 11 is 0. The Balaban J connectivity index is 0.00000400. The van der Waals surface area contributed by atoms with E-state index in [2.05, 4.69) is 0 Å². The number of alkyl halides is 9. The molecule has 0 fully saturated rings. The summed E-state index contributed by atoms with van der Waals surface area (Å²) in [6.45, 7) is 0. The molecule has 0 saturated heterocycles. The third kappa shape index (κ3) is 5.43. The summed E-state index contributed by atoms with van der Waals surface area (Å²) in [5.74, 6) is 0. The first-order valence-electron chi connectivity index (χ1n) is 10.7. The second kappa shape index (κ2) is 10.9. The molecule has 0 radical (unpaired) electrons. The van der Waals surface area contributed by atoms with Crippen LogP contribution in [0.5, 0.6) is 0 Å². The molecule has 200 valence electrons. The molecule has 4 rings (SSSR count). The number of hydrogen-bond donors (Lipinski definition) is 0. The first-order valence-corrected chi connectivity index (χ1v) is 12.5. The van der Waals surface area contributed by atoms with Gasteiger partial charge in [-0.3, -0.25) is 0 Å². The summed E-state index contributed by atoms with van der Waals surface area (Å²) in [5, 5.41) is -2.04. The first-order chi connectivity index (χ1) is 17.3. The molecule has 0 aliphatic rings. The first kappa shape index (κ1) is 30.0. The van der Waals surface area contributed by atoms with Crippen LogP contribution in [0, 0.1) is 0 Å². The van der Waals surface area contributed by atoms with Crippen LogP contribution in [0.2, 0.25) is 0 Å². The summed E-state index contributed by atoms with van der Waals surface area (Å²) in [6.07, 6.45) is -15.2. The Morgan fingerprint density at radius 2 is 0.632 bits per heavy atom. The third-order valence-corrected chi connectivity index (χ3v) is 10.3. The minimum atomic E-state index is -5.06. The molecular weight excluding hydrogens is 653 g/mol. The van der Waals surface area contributed by atoms with Crippen molar-refractivity contribution >= 4 is 28.5 Å². The van der Waals surface area contributed by atoms with Crippen molar-refractivity contribution in [3.63, 3.8) is 0 Å². The lowest BCUT2D eigenvalue weighted by Gasteiger charge is -2.32. The van der Waals surface area contributed by atoms with Gasteiger partial charge in [0.15, 0.2) is 0 Å². The fourth-order valence-electron chi connectivity index (χ4n) is 4.48. The van der Waals surface area contributed by atoms with Crippen LogP contribution in [0.15, 0.2) is 103 Å². The number of halogens is 10. The van der Waals surface area contributed by atoms with Crippen molar-refractivity contribution in [2.45, 2.75) is 18.5 Å². The van der Waals surface area contributed by atoms with Gasteiger partial charge in [0, 0.05) is 0 Å². The van der Waals surface area contributed by atoms with E-state index in [1.165, 1.54) is 48.5 Å². The lowest BCUT2D eigenvalue weighted by Crippen LogP contribution is -3.00. The van der Waals surface area contributed by atoms with Gasteiger partial charge in [0.2, 0.25) is 0 Å². The van der Waals surface area contributed by atoms with Gasteiger partial charge >= 0.3 is 18.5 Å². The monoisotopic (exact) mass is 670 g/mol. The van der Waals surface area contributed by atoms with Crippen LogP contribution in [0.3, 0.4) is 0 Å². The molecule has 0 atom stereocenters. The molecule has 0 aromatic heterocycles. The van der Waals surface area contributed by atoms with Gasteiger partial charge in [-0.1, -0.05) is 54.6 Å². The Morgan fingerprint density at radius 1 is 0.368 bits per heavy atom. The van der Waals surface area contributed by atoms with Crippen LogP contribution in [0.25, 0.3) is 0 Å². The van der Waals surface area contributed by atoms with Crippen LogP contribution in [-0.4, -0.2) is 0 Å². The minimum absolute atomic E-state index is 0. The van der Waals surface area contributed by atoms with Gasteiger partial charge in [-0.05, 0) is 48.5 Å². The second-order valence-electron chi connectivity index (χ2n) is 8.05. The Hall–Kier alpha value is -2.59. The van der Waals surface area contributed by atoms with Crippen molar-refractivity contribution in [1.29, 1.82) is 0 Å². The molecule has 0 unspecified atom stereocenters. The van der Waals surface area contributed by atoms with Crippen LogP contribution in [0.1, 0.15) is 16.7 Å². The van der Waals surface area contributed by atoms with Crippen LogP contribution in [-0.2, 0) is 18.5 Å². The lowest BCUT2D eigenvalue weighted by atomic mass is 10.2. The number of rotatable bonds is 4. The molecule has 11 heteroatoms. The molecule has 4 aromatic rings. The molecule has 0 N–H and O–H groups in total. The zero-order valence-electron chi connectivity index (χ0n) is 19.0. The maximum absolute atomic E-state index is 14.4. The van der Waals surface area contributed by atoms with E-state index in [1.54, 1.807) is 0 Å². The highest BCUT2D eigenvalue weighted by Crippen LogP contribution is 2.59. The SMILES string of the molecule is FC(F)(F)c1ccccc1[P+](c1ccccc1)(c1ccccc1C(F)(F)F)c1ccccc1C(F)(F)F.[I-]. The van der Waals surface area contributed by atoms with Gasteiger partial charge in [0.05, 0.1) is 16.7 Å². The molecule has 38 heavy (non-hydrogen) atoms. The van der Waals surface area contributed by atoms with Crippen LogP contribution >= 0.6 is 7.26 Å². The number of benzene rings is 4. The predicted octanol–water partition coefficient (Wildman–Crippen LogP) is 4.37. The molecule has 0 spiro atoms. The van der Waals surface area contributed by atoms with Crippen molar-refractivity contribution < 1.29 is 63.5 Å². The quantitative estimate of drug-likeness (QED) is 0.172. The molecule has 0 nitrogen and oxygen atoms in total. The molecular formula is C27H17F9IP. The average molecular weight is 670 g/mol. The fourth-order valence-corrected chi connectivity index (χ4v) is 9.33. The Kier molecular flexibility index (Phi) is 8.58.